The van der Waals surface area contributed by atoms with Crippen molar-refractivity contribution < 1.29 is 4.92 Å². The molecule has 0 spiro atoms. The van der Waals surface area contributed by atoms with E-state index in [-0.39, 0.29) is 10.6 Å². The van der Waals surface area contributed by atoms with E-state index in [0.29, 0.717) is 5.56 Å². The highest BCUT2D eigenvalue weighted by Crippen LogP contribution is 2.23. The highest BCUT2D eigenvalue weighted by Gasteiger charge is 2.09. The van der Waals surface area contributed by atoms with Gasteiger partial charge < -0.3 is 5.32 Å². The maximum atomic E-state index is 10.7. The van der Waals surface area contributed by atoms with Crippen LogP contribution in [0.1, 0.15) is 22.2 Å². The van der Waals surface area contributed by atoms with Gasteiger partial charge in [-0.05, 0) is 37.6 Å². The summed E-state index contributed by atoms with van der Waals surface area (Å²) in [4.78, 5) is 13.0. The van der Waals surface area contributed by atoms with Crippen molar-refractivity contribution in [3.63, 3.8) is 0 Å². The lowest BCUT2D eigenvalue weighted by atomic mass is 10.2. The molecule has 5 heteroatoms. The summed E-state index contributed by atoms with van der Waals surface area (Å²) in [5.41, 5.74) is 1.75. The van der Waals surface area contributed by atoms with Gasteiger partial charge in [-0.1, -0.05) is 6.92 Å². The Balaban J connectivity index is 2.03. The number of nitrogens with one attached hydrogen (secondary N) is 1. The van der Waals surface area contributed by atoms with Crippen molar-refractivity contribution in [2.45, 2.75) is 26.8 Å². The van der Waals surface area contributed by atoms with Crippen LogP contribution in [0.3, 0.4) is 0 Å². The summed E-state index contributed by atoms with van der Waals surface area (Å²) in [5, 5.41) is 14.0. The third-order valence-corrected chi connectivity index (χ3v) is 4.16. The zero-order valence-electron chi connectivity index (χ0n) is 11.0. The van der Waals surface area contributed by atoms with Gasteiger partial charge in [0.25, 0.3) is 5.69 Å². The SMILES string of the molecule is CCc1ccc(CNc2ccc([N+](=O)[O-])c(C)c2)s1. The van der Waals surface area contributed by atoms with Gasteiger partial charge in [-0.2, -0.15) is 0 Å². The Labute approximate surface area is 116 Å². The van der Waals surface area contributed by atoms with Gasteiger partial charge in [0.2, 0.25) is 0 Å². The zero-order chi connectivity index (χ0) is 13.8. The van der Waals surface area contributed by atoms with Crippen molar-refractivity contribution in [1.82, 2.24) is 0 Å². The number of nitro groups is 1. The van der Waals surface area contributed by atoms with E-state index in [0.717, 1.165) is 18.7 Å². The number of nitro benzene ring substituents is 1. The van der Waals surface area contributed by atoms with E-state index in [1.165, 1.54) is 9.75 Å². The molecule has 2 aromatic rings. The van der Waals surface area contributed by atoms with Gasteiger partial charge in [-0.15, -0.1) is 11.3 Å². The van der Waals surface area contributed by atoms with Crippen LogP contribution in [0.15, 0.2) is 30.3 Å². The number of nitrogens with zero attached hydrogens (tertiary/aromatic N) is 1. The molecule has 0 radical (unpaired) electrons. The number of benzene rings is 1. The lowest BCUT2D eigenvalue weighted by molar-refractivity contribution is -0.385. The number of aryl methyl sites for hydroxylation is 2. The minimum absolute atomic E-state index is 0.162. The van der Waals surface area contributed by atoms with Crippen LogP contribution in [0.25, 0.3) is 0 Å². The first kappa shape index (κ1) is 13.5. The van der Waals surface area contributed by atoms with Gasteiger partial charge in [0.05, 0.1) is 4.92 Å². The summed E-state index contributed by atoms with van der Waals surface area (Å²) in [7, 11) is 0. The Kier molecular flexibility index (Phi) is 4.16. The van der Waals surface area contributed by atoms with E-state index >= 15 is 0 Å². The molecule has 1 aromatic carbocycles. The number of rotatable bonds is 5. The average molecular weight is 276 g/mol. The summed E-state index contributed by atoms with van der Waals surface area (Å²) in [6, 6.07) is 9.37. The second-order valence-corrected chi connectivity index (χ2v) is 5.59. The maximum absolute atomic E-state index is 10.7. The van der Waals surface area contributed by atoms with E-state index in [1.54, 1.807) is 30.4 Å². The first-order valence-corrected chi connectivity index (χ1v) is 6.98. The Bertz CT molecular complexity index is 593. The predicted molar refractivity (Wildman–Crippen MR) is 78.9 cm³/mol. The Morgan fingerprint density at radius 3 is 2.58 bits per heavy atom. The second-order valence-electron chi connectivity index (χ2n) is 4.33. The molecular weight excluding hydrogens is 260 g/mol. The standard InChI is InChI=1S/C14H16N2O2S/c1-3-12-5-6-13(19-12)9-15-11-4-7-14(16(17)18)10(2)8-11/h4-8,15H,3,9H2,1-2H3. The highest BCUT2D eigenvalue weighted by atomic mass is 32.1. The highest BCUT2D eigenvalue weighted by molar-refractivity contribution is 7.12. The van der Waals surface area contributed by atoms with Gasteiger partial charge in [-0.3, -0.25) is 10.1 Å². The normalized spacial score (nSPS) is 10.4. The lowest BCUT2D eigenvalue weighted by Crippen LogP contribution is -1.99. The van der Waals surface area contributed by atoms with Gasteiger partial charge >= 0.3 is 0 Å². The molecule has 100 valence electrons. The molecule has 19 heavy (non-hydrogen) atoms. The summed E-state index contributed by atoms with van der Waals surface area (Å²) in [5.74, 6) is 0. The van der Waals surface area contributed by atoms with Crippen LogP contribution in [0.2, 0.25) is 0 Å². The molecule has 0 unspecified atom stereocenters. The molecule has 0 aliphatic carbocycles. The van der Waals surface area contributed by atoms with Crippen molar-refractivity contribution in [3.8, 4) is 0 Å². The van der Waals surface area contributed by atoms with E-state index in [4.69, 9.17) is 0 Å². The van der Waals surface area contributed by atoms with Crippen LogP contribution in [-0.2, 0) is 13.0 Å². The Hall–Kier alpha value is -1.88. The molecule has 0 saturated heterocycles. The maximum Gasteiger partial charge on any atom is 0.272 e. The summed E-state index contributed by atoms with van der Waals surface area (Å²) in [6.07, 6.45) is 1.06. The lowest BCUT2D eigenvalue weighted by Gasteiger charge is -2.06. The van der Waals surface area contributed by atoms with E-state index in [1.807, 2.05) is 6.07 Å². The van der Waals surface area contributed by atoms with Crippen molar-refractivity contribution in [3.05, 3.63) is 55.8 Å². The molecule has 2 rings (SSSR count). The molecule has 0 aliphatic rings. The fourth-order valence-electron chi connectivity index (χ4n) is 1.87. The third-order valence-electron chi connectivity index (χ3n) is 2.93. The second kappa shape index (κ2) is 5.84. The average Bonchev–Trinajstić information content (AvgIpc) is 2.84. The van der Waals surface area contributed by atoms with E-state index in [9.17, 15) is 10.1 Å². The number of hydrogen-bond donors (Lipinski definition) is 1. The van der Waals surface area contributed by atoms with Crippen molar-refractivity contribution in [2.75, 3.05) is 5.32 Å². The zero-order valence-corrected chi connectivity index (χ0v) is 11.8. The minimum Gasteiger partial charge on any atom is -0.380 e. The third kappa shape index (κ3) is 3.32. The first-order chi connectivity index (χ1) is 9.10. The van der Waals surface area contributed by atoms with Crippen molar-refractivity contribution in [2.24, 2.45) is 0 Å². The summed E-state index contributed by atoms with van der Waals surface area (Å²) < 4.78 is 0. The fourth-order valence-corrected chi connectivity index (χ4v) is 2.76. The van der Waals surface area contributed by atoms with Gasteiger partial charge in [0, 0.05) is 33.6 Å². The van der Waals surface area contributed by atoms with E-state index in [2.05, 4.69) is 24.4 Å². The molecule has 0 aliphatic heterocycles. The number of hydrogen-bond acceptors (Lipinski definition) is 4. The van der Waals surface area contributed by atoms with Crippen LogP contribution in [0, 0.1) is 17.0 Å². The van der Waals surface area contributed by atoms with Crippen LogP contribution in [-0.4, -0.2) is 4.92 Å². The van der Waals surface area contributed by atoms with Crippen LogP contribution in [0.5, 0.6) is 0 Å². The topological polar surface area (TPSA) is 55.2 Å². The number of anilines is 1. The monoisotopic (exact) mass is 276 g/mol. The minimum atomic E-state index is -0.355. The molecule has 0 atom stereocenters. The Morgan fingerprint density at radius 2 is 2.00 bits per heavy atom. The molecule has 1 heterocycles. The molecular formula is C14H16N2O2S. The number of thiophene rings is 1. The summed E-state index contributed by atoms with van der Waals surface area (Å²) >= 11 is 1.79. The summed E-state index contributed by atoms with van der Waals surface area (Å²) in [6.45, 7) is 4.65. The fraction of sp³-hybridized carbons (Fsp3) is 0.286. The van der Waals surface area contributed by atoms with Crippen LogP contribution >= 0.6 is 11.3 Å². The molecule has 0 bridgehead atoms. The first-order valence-electron chi connectivity index (χ1n) is 6.16. The van der Waals surface area contributed by atoms with E-state index < -0.39 is 0 Å². The quantitative estimate of drug-likeness (QED) is 0.659. The molecule has 1 aromatic heterocycles. The van der Waals surface area contributed by atoms with Crippen molar-refractivity contribution in [1.29, 1.82) is 0 Å². The molecule has 0 fully saturated rings. The van der Waals surface area contributed by atoms with Crippen LogP contribution < -0.4 is 5.32 Å². The largest absolute Gasteiger partial charge is 0.380 e. The molecule has 0 saturated carbocycles. The predicted octanol–water partition coefficient (Wildman–Crippen LogP) is 4.14. The molecule has 0 amide bonds. The Morgan fingerprint density at radius 1 is 1.26 bits per heavy atom. The smallest absolute Gasteiger partial charge is 0.272 e. The van der Waals surface area contributed by atoms with Gasteiger partial charge in [-0.25, -0.2) is 0 Å². The van der Waals surface area contributed by atoms with Gasteiger partial charge in [0.1, 0.15) is 0 Å². The van der Waals surface area contributed by atoms with Gasteiger partial charge in [0.15, 0.2) is 0 Å². The molecule has 1 N–H and O–H groups in total. The van der Waals surface area contributed by atoms with Crippen LogP contribution in [0.4, 0.5) is 11.4 Å². The van der Waals surface area contributed by atoms with Crippen molar-refractivity contribution >= 4 is 22.7 Å². The molecule has 4 nitrogen and oxygen atoms in total.